The molecule has 7 heteroatoms. The van der Waals surface area contributed by atoms with Gasteiger partial charge in [-0.2, -0.15) is 0 Å². The van der Waals surface area contributed by atoms with E-state index in [0.717, 1.165) is 49.0 Å². The van der Waals surface area contributed by atoms with E-state index in [2.05, 4.69) is 36.7 Å². The summed E-state index contributed by atoms with van der Waals surface area (Å²) in [6.07, 6.45) is 9.86. The second kappa shape index (κ2) is 14.6. The van der Waals surface area contributed by atoms with Crippen molar-refractivity contribution < 1.29 is 0 Å². The summed E-state index contributed by atoms with van der Waals surface area (Å²) in [5.74, 6) is 0. The van der Waals surface area contributed by atoms with Crippen molar-refractivity contribution in [2.75, 3.05) is 83.4 Å². The van der Waals surface area contributed by atoms with Crippen LogP contribution in [0.15, 0.2) is 24.3 Å². The number of likely N-dealkylation sites (tertiary alicyclic amines) is 2. The van der Waals surface area contributed by atoms with Gasteiger partial charge in [0.05, 0.1) is 10.7 Å². The third kappa shape index (κ3) is 8.35. The third-order valence-electron chi connectivity index (χ3n) is 7.84. The van der Waals surface area contributed by atoms with Crippen molar-refractivity contribution in [1.29, 1.82) is 0 Å². The number of piperazine rings is 1. The normalized spacial score (nSPS) is 27.9. The highest BCUT2D eigenvalue weighted by Gasteiger charge is 2.24. The lowest BCUT2D eigenvalue weighted by Gasteiger charge is -2.30. The van der Waals surface area contributed by atoms with Crippen LogP contribution >= 0.6 is 11.6 Å². The van der Waals surface area contributed by atoms with E-state index in [0.29, 0.717) is 0 Å². The lowest BCUT2D eigenvalue weighted by atomic mass is 10.2. The van der Waals surface area contributed by atoms with Crippen molar-refractivity contribution in [1.82, 2.24) is 25.8 Å². The summed E-state index contributed by atoms with van der Waals surface area (Å²) >= 11 is 6.10. The number of nitrogens with zero attached hydrogens (tertiary/aromatic N) is 3. The highest BCUT2D eigenvalue weighted by Crippen LogP contribution is 2.25. The fourth-order valence-electron chi connectivity index (χ4n) is 5.86. The van der Waals surface area contributed by atoms with Gasteiger partial charge in [0.2, 0.25) is 0 Å². The zero-order valence-corrected chi connectivity index (χ0v) is 21.9. The summed E-state index contributed by atoms with van der Waals surface area (Å²) < 4.78 is 0. The van der Waals surface area contributed by atoms with Crippen molar-refractivity contribution >= 4 is 17.3 Å². The number of para-hydroxylation sites is 1. The molecule has 0 bridgehead atoms. The van der Waals surface area contributed by atoms with Gasteiger partial charge in [0.15, 0.2) is 0 Å². The average Bonchev–Trinajstić information content (AvgIpc) is 3.70. The minimum absolute atomic E-state index is 0.813. The Balaban J connectivity index is 0.000000122. The molecule has 3 N–H and O–H groups in total. The Morgan fingerprint density at radius 2 is 1.50 bits per heavy atom. The van der Waals surface area contributed by atoms with Gasteiger partial charge in [0.25, 0.3) is 0 Å². The number of anilines is 1. The van der Waals surface area contributed by atoms with Crippen LogP contribution in [0.3, 0.4) is 0 Å². The molecule has 6 rings (SSSR count). The van der Waals surface area contributed by atoms with Crippen LogP contribution in [-0.4, -0.2) is 100 Å². The predicted molar refractivity (Wildman–Crippen MR) is 145 cm³/mol. The molecule has 0 radical (unpaired) electrons. The van der Waals surface area contributed by atoms with E-state index in [1.807, 2.05) is 18.2 Å². The van der Waals surface area contributed by atoms with Crippen LogP contribution in [0.2, 0.25) is 5.02 Å². The molecule has 0 saturated carbocycles. The molecule has 0 aromatic heterocycles. The van der Waals surface area contributed by atoms with Gasteiger partial charge >= 0.3 is 0 Å². The minimum Gasteiger partial charge on any atom is -0.368 e. The van der Waals surface area contributed by atoms with E-state index < -0.39 is 0 Å². The molecule has 1 aromatic carbocycles. The molecule has 5 aliphatic heterocycles. The van der Waals surface area contributed by atoms with E-state index in [1.165, 1.54) is 97.3 Å². The van der Waals surface area contributed by atoms with Crippen LogP contribution in [0, 0.1) is 0 Å². The Labute approximate surface area is 212 Å². The monoisotopic (exact) mass is 490 g/mol. The molecule has 2 atom stereocenters. The molecule has 0 aliphatic carbocycles. The first-order chi connectivity index (χ1) is 16.8. The van der Waals surface area contributed by atoms with E-state index >= 15 is 0 Å². The summed E-state index contributed by atoms with van der Waals surface area (Å²) in [5.41, 5.74) is 1.16. The van der Waals surface area contributed by atoms with E-state index in [9.17, 15) is 0 Å². The number of rotatable bonds is 4. The average molecular weight is 491 g/mol. The molecule has 0 amide bonds. The van der Waals surface area contributed by atoms with Crippen molar-refractivity contribution in [2.45, 2.75) is 57.0 Å². The van der Waals surface area contributed by atoms with Gasteiger partial charge < -0.3 is 25.8 Å². The smallest absolute Gasteiger partial charge is 0.0639 e. The van der Waals surface area contributed by atoms with Crippen molar-refractivity contribution in [3.63, 3.8) is 0 Å². The topological polar surface area (TPSA) is 45.8 Å². The van der Waals surface area contributed by atoms with Gasteiger partial charge in [0.1, 0.15) is 0 Å². The van der Waals surface area contributed by atoms with Crippen molar-refractivity contribution in [3.05, 3.63) is 29.3 Å². The molecular weight excluding hydrogens is 444 g/mol. The van der Waals surface area contributed by atoms with E-state index in [4.69, 9.17) is 11.6 Å². The van der Waals surface area contributed by atoms with Gasteiger partial charge in [-0.05, 0) is 96.3 Å². The molecule has 5 fully saturated rings. The maximum Gasteiger partial charge on any atom is 0.0639 e. The molecule has 5 aliphatic rings. The minimum atomic E-state index is 0.813. The zero-order chi connectivity index (χ0) is 23.4. The molecule has 34 heavy (non-hydrogen) atoms. The Morgan fingerprint density at radius 1 is 0.765 bits per heavy atom. The van der Waals surface area contributed by atoms with Gasteiger partial charge in [-0.3, -0.25) is 4.90 Å². The number of nitrogens with one attached hydrogen (secondary N) is 3. The molecule has 2 unspecified atom stereocenters. The molecular formula is C27H47ClN6. The molecule has 1 aromatic rings. The first-order valence-corrected chi connectivity index (χ1v) is 14.3. The highest BCUT2D eigenvalue weighted by molar-refractivity contribution is 6.33. The van der Waals surface area contributed by atoms with Gasteiger partial charge in [-0.25, -0.2) is 0 Å². The maximum atomic E-state index is 6.10. The van der Waals surface area contributed by atoms with Gasteiger partial charge in [-0.15, -0.1) is 0 Å². The van der Waals surface area contributed by atoms with Crippen LogP contribution < -0.4 is 20.9 Å². The van der Waals surface area contributed by atoms with Crippen LogP contribution in [0.5, 0.6) is 0 Å². The Morgan fingerprint density at radius 3 is 2.15 bits per heavy atom. The highest BCUT2D eigenvalue weighted by atomic mass is 35.5. The zero-order valence-electron chi connectivity index (χ0n) is 21.1. The predicted octanol–water partition coefficient (Wildman–Crippen LogP) is 3.03. The Kier molecular flexibility index (Phi) is 11.3. The van der Waals surface area contributed by atoms with Crippen molar-refractivity contribution in [2.24, 2.45) is 0 Å². The second-order valence-electron chi connectivity index (χ2n) is 10.4. The summed E-state index contributed by atoms with van der Waals surface area (Å²) in [4.78, 5) is 7.56. The lowest BCUT2D eigenvalue weighted by Crippen LogP contribution is -2.43. The summed E-state index contributed by atoms with van der Waals surface area (Å²) in [6, 6.07) is 9.71. The number of halogens is 1. The fraction of sp³-hybridized carbons (Fsp3) is 0.778. The van der Waals surface area contributed by atoms with Crippen LogP contribution in [0.4, 0.5) is 5.69 Å². The van der Waals surface area contributed by atoms with Gasteiger partial charge in [0, 0.05) is 51.4 Å². The largest absolute Gasteiger partial charge is 0.368 e. The molecule has 5 saturated heterocycles. The third-order valence-corrected chi connectivity index (χ3v) is 8.16. The maximum absolute atomic E-state index is 6.10. The summed E-state index contributed by atoms with van der Waals surface area (Å²) in [6.45, 7) is 14.6. The van der Waals surface area contributed by atoms with Crippen LogP contribution in [0.1, 0.15) is 44.9 Å². The van der Waals surface area contributed by atoms with E-state index in [-0.39, 0.29) is 0 Å². The summed E-state index contributed by atoms with van der Waals surface area (Å²) in [7, 11) is 0. The summed E-state index contributed by atoms with van der Waals surface area (Å²) in [5, 5.41) is 11.1. The number of benzene rings is 1. The second-order valence-corrected chi connectivity index (χ2v) is 10.8. The first kappa shape index (κ1) is 26.2. The molecule has 192 valence electrons. The quantitative estimate of drug-likeness (QED) is 0.603. The number of hydrogen-bond donors (Lipinski definition) is 3. The van der Waals surface area contributed by atoms with E-state index in [1.54, 1.807) is 0 Å². The Bertz CT molecular complexity index is 645. The first-order valence-electron chi connectivity index (χ1n) is 13.9. The van der Waals surface area contributed by atoms with Gasteiger partial charge in [-0.1, -0.05) is 23.7 Å². The molecule has 0 spiro atoms. The number of hydrogen-bond acceptors (Lipinski definition) is 6. The standard InChI is InChI=1S/C10H13ClN2.C9H18N2.C8H16N2/c11-9-3-1-2-4-10(9)13-7-5-12-6-8-13;1-2-7-11(6-1)8-9-4-3-5-10-9;1-2-6-10(5-1)8-3-4-9-7-8/h1-4,12H,5-8H2;9-10H,1-8H2;8-9H,1-7H2. The van der Waals surface area contributed by atoms with Crippen molar-refractivity contribution in [3.8, 4) is 0 Å². The molecule has 6 nitrogen and oxygen atoms in total. The van der Waals surface area contributed by atoms with Crippen LogP contribution in [0.25, 0.3) is 0 Å². The molecule has 5 heterocycles. The SMILES string of the molecule is C1CCN(C2CCNC2)C1.C1CNC(CN2CCCC2)C1.Clc1ccccc1N1CCNCC1. The fourth-order valence-corrected chi connectivity index (χ4v) is 6.12. The van der Waals surface area contributed by atoms with Crippen LogP contribution in [-0.2, 0) is 0 Å². The Hall–Kier alpha value is -0.890. The lowest BCUT2D eigenvalue weighted by molar-refractivity contribution is 0.258.